The summed E-state index contributed by atoms with van der Waals surface area (Å²) in [5.41, 5.74) is 4.98. The zero-order valence-corrected chi connectivity index (χ0v) is 15.5. The van der Waals surface area contributed by atoms with E-state index < -0.39 is 0 Å². The Balaban J connectivity index is 1.47. The molecule has 0 amide bonds. The second-order valence-corrected chi connectivity index (χ2v) is 7.83. The van der Waals surface area contributed by atoms with E-state index in [4.69, 9.17) is 0 Å². The maximum Gasteiger partial charge on any atom is 0.130 e. The van der Waals surface area contributed by atoms with E-state index >= 15 is 0 Å². The molecule has 1 fully saturated rings. The van der Waals surface area contributed by atoms with Gasteiger partial charge in [0.15, 0.2) is 0 Å². The maximum absolute atomic E-state index is 4.62. The lowest BCUT2D eigenvalue weighted by molar-refractivity contribution is 0.345. The van der Waals surface area contributed by atoms with Gasteiger partial charge in [0.25, 0.3) is 0 Å². The predicted molar refractivity (Wildman–Crippen MR) is 105 cm³/mol. The summed E-state index contributed by atoms with van der Waals surface area (Å²) in [5, 5.41) is 3.51. The molecule has 0 atom stereocenters. The summed E-state index contributed by atoms with van der Waals surface area (Å²) in [6.45, 7) is 2.95. The molecule has 0 unspecified atom stereocenters. The Bertz CT molecular complexity index is 852. The molecule has 0 bridgehead atoms. The van der Waals surface area contributed by atoms with Crippen molar-refractivity contribution in [1.82, 2.24) is 15.0 Å². The zero-order chi connectivity index (χ0) is 17.1. The van der Waals surface area contributed by atoms with Crippen molar-refractivity contribution in [2.45, 2.75) is 45.4 Å². The second kappa shape index (κ2) is 7.48. The van der Waals surface area contributed by atoms with Crippen LogP contribution in [0.3, 0.4) is 0 Å². The molecule has 1 aliphatic carbocycles. The Morgan fingerprint density at radius 2 is 2.00 bits per heavy atom. The molecule has 4 rings (SSSR count). The number of aryl methyl sites for hydroxylation is 1. The van der Waals surface area contributed by atoms with Crippen LogP contribution in [0.15, 0.2) is 29.8 Å². The first-order chi connectivity index (χ1) is 12.3. The number of hydrogen-bond donors (Lipinski definition) is 1. The van der Waals surface area contributed by atoms with Crippen LogP contribution in [-0.4, -0.2) is 21.5 Å². The molecular weight excluding hydrogens is 328 g/mol. The van der Waals surface area contributed by atoms with Crippen LogP contribution in [0.2, 0.25) is 0 Å². The van der Waals surface area contributed by atoms with Crippen molar-refractivity contribution in [3.05, 3.63) is 35.6 Å². The summed E-state index contributed by atoms with van der Waals surface area (Å²) in [6.07, 6.45) is 8.25. The van der Waals surface area contributed by atoms with E-state index in [1.165, 1.54) is 43.2 Å². The highest BCUT2D eigenvalue weighted by atomic mass is 32.1. The smallest absolute Gasteiger partial charge is 0.130 e. The van der Waals surface area contributed by atoms with Crippen LogP contribution in [0.5, 0.6) is 0 Å². The van der Waals surface area contributed by atoms with E-state index in [9.17, 15) is 0 Å². The number of hydrogen-bond acceptors (Lipinski definition) is 5. The van der Waals surface area contributed by atoms with Crippen molar-refractivity contribution in [3.63, 3.8) is 0 Å². The molecule has 1 aliphatic rings. The SMILES string of the molecule is Cc1nc(NCCC2CCCCC2)cc(-c2ccc3scnc3c2)n1. The standard InChI is InChI=1S/C20H24N4S/c1-14-23-17(16-7-8-19-18(11-16)22-13-25-19)12-20(24-14)21-10-9-15-5-3-2-4-6-15/h7-8,11-13,15H,2-6,9-10H2,1H3,(H,21,23,24). The highest BCUT2D eigenvalue weighted by Gasteiger charge is 2.13. The highest BCUT2D eigenvalue weighted by Crippen LogP contribution is 2.27. The molecule has 0 saturated heterocycles. The number of nitrogens with zero attached hydrogens (tertiary/aromatic N) is 3. The Kier molecular flexibility index (Phi) is 4.92. The summed E-state index contributed by atoms with van der Waals surface area (Å²) in [6, 6.07) is 8.41. The van der Waals surface area contributed by atoms with Crippen LogP contribution >= 0.6 is 11.3 Å². The summed E-state index contributed by atoms with van der Waals surface area (Å²) < 4.78 is 1.21. The maximum atomic E-state index is 4.62. The Hall–Kier alpha value is -2.01. The average Bonchev–Trinajstić information content (AvgIpc) is 3.10. The number of nitrogens with one attached hydrogen (secondary N) is 1. The summed E-state index contributed by atoms with van der Waals surface area (Å²) in [4.78, 5) is 13.6. The first kappa shape index (κ1) is 16.5. The topological polar surface area (TPSA) is 50.7 Å². The summed E-state index contributed by atoms with van der Waals surface area (Å²) in [5.74, 6) is 2.61. The van der Waals surface area contributed by atoms with Crippen LogP contribution in [0.1, 0.15) is 44.3 Å². The van der Waals surface area contributed by atoms with Crippen LogP contribution < -0.4 is 5.32 Å². The van der Waals surface area contributed by atoms with Crippen molar-refractivity contribution in [2.75, 3.05) is 11.9 Å². The fraction of sp³-hybridized carbons (Fsp3) is 0.450. The van der Waals surface area contributed by atoms with Gasteiger partial charge in [0.1, 0.15) is 11.6 Å². The molecule has 25 heavy (non-hydrogen) atoms. The van der Waals surface area contributed by atoms with E-state index in [0.717, 1.165) is 40.9 Å². The largest absolute Gasteiger partial charge is 0.370 e. The number of anilines is 1. The minimum atomic E-state index is 0.802. The van der Waals surface area contributed by atoms with Crippen molar-refractivity contribution in [1.29, 1.82) is 0 Å². The number of aromatic nitrogens is 3. The molecule has 2 heterocycles. The molecule has 0 radical (unpaired) electrons. The van der Waals surface area contributed by atoms with Gasteiger partial charge in [0, 0.05) is 18.2 Å². The molecule has 4 nitrogen and oxygen atoms in total. The third kappa shape index (κ3) is 3.98. The number of thiazole rings is 1. The molecule has 0 aliphatic heterocycles. The van der Waals surface area contributed by atoms with Crippen LogP contribution in [-0.2, 0) is 0 Å². The van der Waals surface area contributed by atoms with Crippen molar-refractivity contribution in [2.24, 2.45) is 5.92 Å². The predicted octanol–water partition coefficient (Wildman–Crippen LogP) is 5.44. The monoisotopic (exact) mass is 352 g/mol. The van der Waals surface area contributed by atoms with E-state index in [0.29, 0.717) is 0 Å². The van der Waals surface area contributed by atoms with Gasteiger partial charge in [0.2, 0.25) is 0 Å². The van der Waals surface area contributed by atoms with Gasteiger partial charge in [-0.1, -0.05) is 38.2 Å². The molecule has 5 heteroatoms. The van der Waals surface area contributed by atoms with Gasteiger partial charge < -0.3 is 5.32 Å². The normalized spacial score (nSPS) is 15.6. The molecule has 3 aromatic rings. The fourth-order valence-corrected chi connectivity index (χ4v) is 4.36. The molecule has 0 spiro atoms. The van der Waals surface area contributed by atoms with Gasteiger partial charge in [0.05, 0.1) is 21.4 Å². The summed E-state index contributed by atoms with van der Waals surface area (Å²) >= 11 is 1.67. The van der Waals surface area contributed by atoms with E-state index in [1.807, 2.05) is 12.4 Å². The third-order valence-corrected chi connectivity index (χ3v) is 5.86. The van der Waals surface area contributed by atoms with E-state index in [-0.39, 0.29) is 0 Å². The van der Waals surface area contributed by atoms with Gasteiger partial charge in [-0.25, -0.2) is 15.0 Å². The van der Waals surface area contributed by atoms with Gasteiger partial charge in [-0.05, 0) is 31.4 Å². The Labute approximate surface area is 152 Å². The van der Waals surface area contributed by atoms with E-state index in [2.05, 4.69) is 44.5 Å². The summed E-state index contributed by atoms with van der Waals surface area (Å²) in [7, 11) is 0. The van der Waals surface area contributed by atoms with Gasteiger partial charge in [-0.2, -0.15) is 0 Å². The third-order valence-electron chi connectivity index (χ3n) is 5.05. The van der Waals surface area contributed by atoms with Crippen molar-refractivity contribution >= 4 is 27.4 Å². The first-order valence-corrected chi connectivity index (χ1v) is 10.1. The van der Waals surface area contributed by atoms with Crippen molar-refractivity contribution < 1.29 is 0 Å². The first-order valence-electron chi connectivity index (χ1n) is 9.21. The molecule has 130 valence electrons. The van der Waals surface area contributed by atoms with Gasteiger partial charge in [-0.15, -0.1) is 11.3 Å². The van der Waals surface area contributed by atoms with Gasteiger partial charge >= 0.3 is 0 Å². The Morgan fingerprint density at radius 1 is 1.12 bits per heavy atom. The minimum absolute atomic E-state index is 0.802. The number of rotatable bonds is 5. The van der Waals surface area contributed by atoms with Crippen LogP contribution in [0.25, 0.3) is 21.5 Å². The van der Waals surface area contributed by atoms with Crippen LogP contribution in [0, 0.1) is 12.8 Å². The van der Waals surface area contributed by atoms with Gasteiger partial charge in [-0.3, -0.25) is 0 Å². The zero-order valence-electron chi connectivity index (χ0n) is 14.7. The lowest BCUT2D eigenvalue weighted by atomic mass is 9.87. The lowest BCUT2D eigenvalue weighted by Gasteiger charge is -2.21. The molecular formula is C20H24N4S. The second-order valence-electron chi connectivity index (χ2n) is 6.94. The number of benzene rings is 1. The molecule has 2 aromatic heterocycles. The number of fused-ring (bicyclic) bond motifs is 1. The minimum Gasteiger partial charge on any atom is -0.370 e. The fourth-order valence-electron chi connectivity index (χ4n) is 3.70. The van der Waals surface area contributed by atoms with Crippen molar-refractivity contribution in [3.8, 4) is 11.3 Å². The van der Waals surface area contributed by atoms with Crippen LogP contribution in [0.4, 0.5) is 5.82 Å². The molecule has 1 N–H and O–H groups in total. The highest BCUT2D eigenvalue weighted by molar-refractivity contribution is 7.16. The lowest BCUT2D eigenvalue weighted by Crippen LogP contribution is -2.13. The van der Waals surface area contributed by atoms with E-state index in [1.54, 1.807) is 11.3 Å². The molecule has 1 saturated carbocycles. The average molecular weight is 353 g/mol. The Morgan fingerprint density at radius 3 is 2.88 bits per heavy atom. The molecule has 1 aromatic carbocycles. The quantitative estimate of drug-likeness (QED) is 0.664.